The van der Waals surface area contributed by atoms with Crippen LogP contribution in [-0.4, -0.2) is 25.2 Å². The highest BCUT2D eigenvalue weighted by molar-refractivity contribution is 5.91. The normalized spacial score (nSPS) is 11.6. The van der Waals surface area contributed by atoms with E-state index in [1.807, 2.05) is 36.4 Å². The highest BCUT2D eigenvalue weighted by Gasteiger charge is 2.11. The lowest BCUT2D eigenvalue weighted by atomic mass is 10.0. The van der Waals surface area contributed by atoms with Gasteiger partial charge in [0.2, 0.25) is 0 Å². The summed E-state index contributed by atoms with van der Waals surface area (Å²) in [5.74, 6) is 0.861. The van der Waals surface area contributed by atoms with E-state index in [0.29, 0.717) is 36.0 Å². The summed E-state index contributed by atoms with van der Waals surface area (Å²) in [6, 6.07) is 21.8. The molecule has 0 N–H and O–H groups in total. The second kappa shape index (κ2) is 19.6. The summed E-state index contributed by atoms with van der Waals surface area (Å²) in [4.78, 5) is 24.9. The van der Waals surface area contributed by atoms with Gasteiger partial charge in [-0.1, -0.05) is 116 Å². The van der Waals surface area contributed by atoms with Gasteiger partial charge >= 0.3 is 11.9 Å². The molecule has 43 heavy (non-hydrogen) atoms. The lowest BCUT2D eigenvalue weighted by molar-refractivity contribution is 0.0447. The van der Waals surface area contributed by atoms with Gasteiger partial charge in [-0.05, 0) is 72.0 Å². The minimum atomic E-state index is -0.412. The SMILES string of the molecule is CCCCCCCCCCCCCOc1ccc(C(=O)Oc2ccc(-c3ccc(C(=O)OCC(C)CC)cc3)cc2)cc1. The van der Waals surface area contributed by atoms with E-state index in [4.69, 9.17) is 14.2 Å². The van der Waals surface area contributed by atoms with E-state index in [0.717, 1.165) is 29.7 Å². The largest absolute Gasteiger partial charge is 0.494 e. The van der Waals surface area contributed by atoms with Crippen molar-refractivity contribution in [3.05, 3.63) is 83.9 Å². The first-order chi connectivity index (χ1) is 21.0. The third kappa shape index (κ3) is 12.7. The van der Waals surface area contributed by atoms with Crippen LogP contribution in [0.15, 0.2) is 72.8 Å². The van der Waals surface area contributed by atoms with E-state index in [1.165, 1.54) is 64.2 Å². The van der Waals surface area contributed by atoms with Crippen LogP contribution in [0.3, 0.4) is 0 Å². The van der Waals surface area contributed by atoms with Gasteiger partial charge in [0.05, 0.1) is 24.3 Å². The molecule has 232 valence electrons. The molecular weight excluding hydrogens is 536 g/mol. The van der Waals surface area contributed by atoms with E-state index in [-0.39, 0.29) is 5.97 Å². The molecule has 0 bridgehead atoms. The smallest absolute Gasteiger partial charge is 0.343 e. The molecule has 0 saturated carbocycles. The number of esters is 2. The molecular formula is C38H50O5. The molecule has 0 aliphatic heterocycles. The predicted octanol–water partition coefficient (Wildman–Crippen LogP) is 10.5. The monoisotopic (exact) mass is 586 g/mol. The van der Waals surface area contributed by atoms with Crippen LogP contribution < -0.4 is 9.47 Å². The van der Waals surface area contributed by atoms with E-state index < -0.39 is 5.97 Å². The number of rotatable bonds is 20. The number of hydrogen-bond donors (Lipinski definition) is 0. The number of ether oxygens (including phenoxy) is 3. The number of carbonyl (C=O) groups excluding carboxylic acids is 2. The van der Waals surface area contributed by atoms with Crippen LogP contribution in [0.25, 0.3) is 11.1 Å². The van der Waals surface area contributed by atoms with Crippen molar-refractivity contribution < 1.29 is 23.8 Å². The van der Waals surface area contributed by atoms with Crippen molar-refractivity contribution in [2.75, 3.05) is 13.2 Å². The average molecular weight is 587 g/mol. The first-order valence-electron chi connectivity index (χ1n) is 16.3. The van der Waals surface area contributed by atoms with E-state index >= 15 is 0 Å². The molecule has 5 nitrogen and oxygen atoms in total. The standard InChI is InChI=1S/C38H50O5/c1-4-6-7-8-9-10-11-12-13-14-15-28-41-35-24-22-34(23-25-35)38(40)43-36-26-20-32(21-27-36)31-16-18-33(19-17-31)37(39)42-29-30(3)5-2/h16-27,30H,4-15,28-29H2,1-3H3. The van der Waals surface area contributed by atoms with Gasteiger partial charge in [-0.15, -0.1) is 0 Å². The fourth-order valence-electron chi connectivity index (χ4n) is 4.74. The van der Waals surface area contributed by atoms with Gasteiger partial charge < -0.3 is 14.2 Å². The van der Waals surface area contributed by atoms with Gasteiger partial charge in [0.25, 0.3) is 0 Å². The number of benzene rings is 3. The fourth-order valence-corrected chi connectivity index (χ4v) is 4.74. The Morgan fingerprint density at radius 1 is 0.581 bits per heavy atom. The van der Waals surface area contributed by atoms with E-state index in [9.17, 15) is 9.59 Å². The van der Waals surface area contributed by atoms with Crippen LogP contribution >= 0.6 is 0 Å². The number of unbranched alkanes of at least 4 members (excludes halogenated alkanes) is 10. The molecule has 3 rings (SSSR count). The molecule has 1 atom stereocenters. The molecule has 0 aromatic heterocycles. The Labute approximate surface area is 259 Å². The molecule has 0 radical (unpaired) electrons. The molecule has 0 aliphatic rings. The first-order valence-corrected chi connectivity index (χ1v) is 16.3. The van der Waals surface area contributed by atoms with Crippen molar-refractivity contribution in [3.8, 4) is 22.6 Å². The molecule has 0 amide bonds. The maximum Gasteiger partial charge on any atom is 0.343 e. The van der Waals surface area contributed by atoms with Crippen LogP contribution in [-0.2, 0) is 4.74 Å². The fraction of sp³-hybridized carbons (Fsp3) is 0.474. The number of hydrogen-bond acceptors (Lipinski definition) is 5. The summed E-state index contributed by atoms with van der Waals surface area (Å²) in [6.07, 6.45) is 15.4. The minimum Gasteiger partial charge on any atom is -0.494 e. The molecule has 0 spiro atoms. The molecule has 3 aromatic rings. The van der Waals surface area contributed by atoms with Gasteiger partial charge in [0, 0.05) is 0 Å². The van der Waals surface area contributed by atoms with Gasteiger partial charge in [0.15, 0.2) is 0 Å². The van der Waals surface area contributed by atoms with Crippen LogP contribution in [0, 0.1) is 5.92 Å². The third-order valence-electron chi connectivity index (χ3n) is 7.82. The van der Waals surface area contributed by atoms with Crippen molar-refractivity contribution in [2.24, 2.45) is 5.92 Å². The Hall–Kier alpha value is -3.60. The Kier molecular flexibility index (Phi) is 15.4. The first kappa shape index (κ1) is 33.9. The predicted molar refractivity (Wildman–Crippen MR) is 175 cm³/mol. The summed E-state index contributed by atoms with van der Waals surface area (Å²) in [5.41, 5.74) is 2.92. The molecule has 1 unspecified atom stereocenters. The average Bonchev–Trinajstić information content (AvgIpc) is 3.04. The Morgan fingerprint density at radius 2 is 1.05 bits per heavy atom. The zero-order valence-electron chi connectivity index (χ0n) is 26.4. The molecule has 0 fully saturated rings. The van der Waals surface area contributed by atoms with Gasteiger partial charge in [-0.2, -0.15) is 0 Å². The summed E-state index contributed by atoms with van der Waals surface area (Å²) in [5, 5.41) is 0. The van der Waals surface area contributed by atoms with Crippen molar-refractivity contribution in [2.45, 2.75) is 97.8 Å². The van der Waals surface area contributed by atoms with Crippen molar-refractivity contribution in [1.82, 2.24) is 0 Å². The summed E-state index contributed by atoms with van der Waals surface area (Å²) in [7, 11) is 0. The highest BCUT2D eigenvalue weighted by atomic mass is 16.5. The zero-order valence-corrected chi connectivity index (χ0v) is 26.4. The quantitative estimate of drug-likeness (QED) is 0.0749. The minimum absolute atomic E-state index is 0.307. The second-order valence-corrected chi connectivity index (χ2v) is 11.5. The Bertz CT molecular complexity index is 1200. The Balaban J connectivity index is 1.35. The summed E-state index contributed by atoms with van der Waals surface area (Å²) < 4.78 is 16.8. The molecule has 0 saturated heterocycles. The lowest BCUT2D eigenvalue weighted by Gasteiger charge is -2.10. The van der Waals surface area contributed by atoms with E-state index in [1.54, 1.807) is 36.4 Å². The van der Waals surface area contributed by atoms with Crippen molar-refractivity contribution >= 4 is 11.9 Å². The van der Waals surface area contributed by atoms with Gasteiger partial charge in [-0.25, -0.2) is 9.59 Å². The van der Waals surface area contributed by atoms with Crippen LogP contribution in [0.2, 0.25) is 0 Å². The van der Waals surface area contributed by atoms with Crippen LogP contribution in [0.4, 0.5) is 0 Å². The third-order valence-corrected chi connectivity index (χ3v) is 7.82. The second-order valence-electron chi connectivity index (χ2n) is 11.5. The lowest BCUT2D eigenvalue weighted by Crippen LogP contribution is -2.11. The van der Waals surface area contributed by atoms with Gasteiger partial charge in [0.1, 0.15) is 11.5 Å². The van der Waals surface area contributed by atoms with Gasteiger partial charge in [-0.3, -0.25) is 0 Å². The maximum absolute atomic E-state index is 12.7. The number of carbonyl (C=O) groups is 2. The zero-order chi connectivity index (χ0) is 30.7. The van der Waals surface area contributed by atoms with Crippen molar-refractivity contribution in [3.63, 3.8) is 0 Å². The van der Waals surface area contributed by atoms with E-state index in [2.05, 4.69) is 20.8 Å². The molecule has 5 heteroatoms. The van der Waals surface area contributed by atoms with Crippen LogP contribution in [0.5, 0.6) is 11.5 Å². The van der Waals surface area contributed by atoms with Crippen molar-refractivity contribution in [1.29, 1.82) is 0 Å². The highest BCUT2D eigenvalue weighted by Crippen LogP contribution is 2.24. The summed E-state index contributed by atoms with van der Waals surface area (Å²) >= 11 is 0. The summed E-state index contributed by atoms with van der Waals surface area (Å²) in [6.45, 7) is 7.52. The Morgan fingerprint density at radius 3 is 1.60 bits per heavy atom. The molecule has 0 aliphatic carbocycles. The molecule has 3 aromatic carbocycles. The topological polar surface area (TPSA) is 61.8 Å². The maximum atomic E-state index is 12.7. The molecule has 0 heterocycles. The van der Waals surface area contributed by atoms with Crippen LogP contribution in [0.1, 0.15) is 119 Å².